The molecule has 7 rings (SSSR count). The van der Waals surface area contributed by atoms with Crippen molar-refractivity contribution < 1.29 is 14.0 Å². The summed E-state index contributed by atoms with van der Waals surface area (Å²) in [6.45, 7) is 4.00. The third kappa shape index (κ3) is 5.29. The van der Waals surface area contributed by atoms with E-state index < -0.39 is 11.9 Å². The molecule has 2 aliphatic heterocycles. The maximum atomic E-state index is 14.1. The van der Waals surface area contributed by atoms with Crippen LogP contribution in [-0.2, 0) is 17.8 Å². The Morgan fingerprint density at radius 1 is 1.14 bits per heavy atom. The van der Waals surface area contributed by atoms with Crippen molar-refractivity contribution in [3.8, 4) is 0 Å². The maximum Gasteiger partial charge on any atom is 0.322 e. The number of fused-ring (bicyclic) bond motifs is 3. The van der Waals surface area contributed by atoms with Crippen molar-refractivity contribution in [2.75, 3.05) is 25.0 Å². The van der Waals surface area contributed by atoms with Crippen LogP contribution in [0.4, 0.5) is 14.9 Å². The molecule has 0 spiro atoms. The van der Waals surface area contributed by atoms with Crippen LogP contribution in [-0.4, -0.2) is 72.2 Å². The van der Waals surface area contributed by atoms with Crippen LogP contribution < -0.4 is 10.6 Å². The first-order valence-corrected chi connectivity index (χ1v) is 14.5. The van der Waals surface area contributed by atoms with Crippen LogP contribution in [0.25, 0.3) is 16.6 Å². The number of anilines is 1. The number of rotatable bonds is 7. The number of aryl methyl sites for hydroxylation is 1. The molecular weight excluding hydrogens is 549 g/mol. The summed E-state index contributed by atoms with van der Waals surface area (Å²) in [5.41, 5.74) is 4.90. The van der Waals surface area contributed by atoms with Crippen LogP contribution in [0.1, 0.15) is 41.4 Å². The van der Waals surface area contributed by atoms with Gasteiger partial charge in [-0.15, -0.1) is 10.2 Å². The van der Waals surface area contributed by atoms with Gasteiger partial charge in [0.1, 0.15) is 5.82 Å². The molecule has 0 radical (unpaired) electrons. The molecule has 5 aromatic rings. The van der Waals surface area contributed by atoms with E-state index in [0.717, 1.165) is 40.4 Å². The molecule has 2 aliphatic rings. The van der Waals surface area contributed by atoms with Crippen molar-refractivity contribution in [2.45, 2.75) is 44.8 Å². The predicted octanol–water partition coefficient (Wildman–Crippen LogP) is 3.97. The number of hydrogen-bond donors (Lipinski definition) is 3. The fourth-order valence-corrected chi connectivity index (χ4v) is 6.37. The molecule has 3 N–H and O–H groups in total. The molecule has 1 fully saturated rings. The van der Waals surface area contributed by atoms with E-state index in [4.69, 9.17) is 0 Å². The number of carbonyl (C=O) groups excluding carboxylic acids is 2. The quantitative estimate of drug-likeness (QED) is 0.267. The molecule has 0 saturated carbocycles. The normalized spacial score (nSPS) is 16.8. The Hall–Kier alpha value is -4.84. The number of likely N-dealkylation sites (tertiary alicyclic amines) is 1. The standard InChI is InChI=1S/C31H32FN9O2/c1-19-13-20(14-22-16-33-37-28(19)22)15-25(30-38-36-26-7-2-3-10-40(26)30)34-27(42)18-39-11-8-23(9-12-39)41-17-21-5-4-6-24(32)29(21)35-31(41)43/h2-7,10,13-14,16,23,25H,8-9,11-12,15,17-18H2,1H3,(H,33,37)(H,34,42)(H,35,43). The largest absolute Gasteiger partial charge is 0.345 e. The summed E-state index contributed by atoms with van der Waals surface area (Å²) in [7, 11) is 0. The number of H-pyrrole nitrogens is 1. The fourth-order valence-electron chi connectivity index (χ4n) is 6.37. The summed E-state index contributed by atoms with van der Waals surface area (Å²) < 4.78 is 16.1. The number of hydrogen-bond acceptors (Lipinski definition) is 6. The van der Waals surface area contributed by atoms with Crippen molar-refractivity contribution in [1.82, 2.24) is 39.9 Å². The molecule has 11 nitrogen and oxygen atoms in total. The highest BCUT2D eigenvalue weighted by molar-refractivity contribution is 5.92. The maximum absolute atomic E-state index is 14.1. The summed E-state index contributed by atoms with van der Waals surface area (Å²) in [5.74, 6) is 0.152. The van der Waals surface area contributed by atoms with Crippen molar-refractivity contribution in [2.24, 2.45) is 0 Å². The number of para-hydroxylation sites is 1. The smallest absolute Gasteiger partial charge is 0.322 e. The second kappa shape index (κ2) is 11.1. The molecule has 43 heavy (non-hydrogen) atoms. The Balaban J connectivity index is 1.03. The van der Waals surface area contributed by atoms with Gasteiger partial charge < -0.3 is 15.5 Å². The highest BCUT2D eigenvalue weighted by atomic mass is 19.1. The van der Waals surface area contributed by atoms with Gasteiger partial charge in [0.05, 0.1) is 30.0 Å². The van der Waals surface area contributed by atoms with Gasteiger partial charge in [-0.1, -0.05) is 24.3 Å². The number of urea groups is 1. The number of amides is 3. The van der Waals surface area contributed by atoms with Gasteiger partial charge in [-0.05, 0) is 60.7 Å². The topological polar surface area (TPSA) is 124 Å². The Morgan fingerprint density at radius 2 is 2.00 bits per heavy atom. The lowest BCUT2D eigenvalue weighted by Gasteiger charge is -2.40. The van der Waals surface area contributed by atoms with Crippen molar-refractivity contribution in [1.29, 1.82) is 0 Å². The highest BCUT2D eigenvalue weighted by Crippen LogP contribution is 2.30. The molecule has 1 unspecified atom stereocenters. The number of pyridine rings is 1. The van der Waals surface area contributed by atoms with Gasteiger partial charge >= 0.3 is 6.03 Å². The minimum atomic E-state index is -0.416. The lowest BCUT2D eigenvalue weighted by atomic mass is 10.00. The molecule has 5 heterocycles. The molecule has 220 valence electrons. The van der Waals surface area contributed by atoms with Gasteiger partial charge in [0.2, 0.25) is 5.91 Å². The summed E-state index contributed by atoms with van der Waals surface area (Å²) >= 11 is 0. The van der Waals surface area contributed by atoms with E-state index in [0.29, 0.717) is 37.5 Å². The number of piperidine rings is 1. The summed E-state index contributed by atoms with van der Waals surface area (Å²) in [5, 5.41) is 22.9. The molecule has 0 bridgehead atoms. The van der Waals surface area contributed by atoms with Gasteiger partial charge in [0, 0.05) is 43.7 Å². The van der Waals surface area contributed by atoms with E-state index >= 15 is 0 Å². The SMILES string of the molecule is Cc1cc(CC(NC(=O)CN2CCC(N3Cc4cccc(F)c4NC3=O)CC2)c2nnc3ccccn23)cc2cn[nH]c12. The van der Waals surface area contributed by atoms with E-state index in [1.54, 1.807) is 17.2 Å². The first-order chi connectivity index (χ1) is 20.9. The third-order valence-corrected chi connectivity index (χ3v) is 8.53. The lowest BCUT2D eigenvalue weighted by molar-refractivity contribution is -0.123. The molecule has 1 saturated heterocycles. The van der Waals surface area contributed by atoms with Crippen molar-refractivity contribution >= 4 is 34.2 Å². The van der Waals surface area contributed by atoms with E-state index in [1.807, 2.05) is 41.8 Å². The fraction of sp³-hybridized carbons (Fsp3) is 0.323. The number of carbonyl (C=O) groups is 2. The van der Waals surface area contributed by atoms with Crippen LogP contribution in [0, 0.1) is 12.7 Å². The summed E-state index contributed by atoms with van der Waals surface area (Å²) in [6.07, 6.45) is 5.71. The Morgan fingerprint density at radius 3 is 2.86 bits per heavy atom. The van der Waals surface area contributed by atoms with Gasteiger partial charge in [0.25, 0.3) is 0 Å². The number of nitrogens with zero attached hydrogens (tertiary/aromatic N) is 6. The molecule has 3 amide bonds. The van der Waals surface area contributed by atoms with Crippen LogP contribution in [0.15, 0.2) is 60.9 Å². The summed E-state index contributed by atoms with van der Waals surface area (Å²) in [6, 6.07) is 14.1. The van der Waals surface area contributed by atoms with E-state index in [2.05, 4.69) is 48.1 Å². The lowest BCUT2D eigenvalue weighted by Crippen LogP contribution is -2.51. The summed E-state index contributed by atoms with van der Waals surface area (Å²) in [4.78, 5) is 30.1. The van der Waals surface area contributed by atoms with Crippen LogP contribution >= 0.6 is 0 Å². The second-order valence-electron chi connectivity index (χ2n) is 11.4. The zero-order valence-corrected chi connectivity index (χ0v) is 23.8. The number of halogens is 1. The Kier molecular flexibility index (Phi) is 6.98. The van der Waals surface area contributed by atoms with Gasteiger partial charge in [-0.25, -0.2) is 9.18 Å². The number of aromatic amines is 1. The van der Waals surface area contributed by atoms with Crippen molar-refractivity contribution in [3.63, 3.8) is 0 Å². The van der Waals surface area contributed by atoms with Gasteiger partial charge in [0.15, 0.2) is 11.5 Å². The number of benzene rings is 2. The predicted molar refractivity (Wildman–Crippen MR) is 159 cm³/mol. The Labute approximate surface area is 247 Å². The minimum Gasteiger partial charge on any atom is -0.345 e. The number of nitrogens with one attached hydrogen (secondary N) is 3. The third-order valence-electron chi connectivity index (χ3n) is 8.53. The Bertz CT molecular complexity index is 1820. The second-order valence-corrected chi connectivity index (χ2v) is 11.4. The highest BCUT2D eigenvalue weighted by Gasteiger charge is 2.33. The zero-order valence-electron chi connectivity index (χ0n) is 23.8. The van der Waals surface area contributed by atoms with Crippen LogP contribution in [0.3, 0.4) is 0 Å². The average Bonchev–Trinajstić information content (AvgIpc) is 3.65. The molecule has 0 aliphatic carbocycles. The van der Waals surface area contributed by atoms with Crippen molar-refractivity contribution in [3.05, 3.63) is 89.3 Å². The molecular formula is C31H32FN9O2. The molecule has 2 aromatic carbocycles. The van der Waals surface area contributed by atoms with Crippen LogP contribution in [0.2, 0.25) is 0 Å². The first kappa shape index (κ1) is 27.0. The zero-order chi connectivity index (χ0) is 29.5. The molecule has 1 atom stereocenters. The van der Waals surface area contributed by atoms with Gasteiger partial charge in [-0.2, -0.15) is 5.10 Å². The van der Waals surface area contributed by atoms with Crippen LogP contribution in [0.5, 0.6) is 0 Å². The van der Waals surface area contributed by atoms with E-state index in [-0.39, 0.29) is 30.2 Å². The molecule has 12 heteroatoms. The number of aromatic nitrogens is 5. The van der Waals surface area contributed by atoms with E-state index in [1.165, 1.54) is 6.07 Å². The minimum absolute atomic E-state index is 0.0203. The monoisotopic (exact) mass is 581 g/mol. The average molecular weight is 582 g/mol. The van der Waals surface area contributed by atoms with E-state index in [9.17, 15) is 14.0 Å². The van der Waals surface area contributed by atoms with Gasteiger partial charge in [-0.3, -0.25) is 19.2 Å². The molecule has 3 aromatic heterocycles. The first-order valence-electron chi connectivity index (χ1n) is 14.5.